The number of aliphatic hydroxyl groups excluding tert-OH is 1. The first-order chi connectivity index (χ1) is 20.1. The molecule has 0 aliphatic carbocycles. The van der Waals surface area contributed by atoms with Gasteiger partial charge in [-0.25, -0.2) is 0 Å². The Labute approximate surface area is 248 Å². The predicted molar refractivity (Wildman–Crippen MR) is 153 cm³/mol. The van der Waals surface area contributed by atoms with E-state index in [1.54, 1.807) is 91.0 Å². The van der Waals surface area contributed by atoms with Gasteiger partial charge in [0.15, 0.2) is 28.7 Å². The quantitative estimate of drug-likeness (QED) is 0.226. The fourth-order valence-corrected chi connectivity index (χ4v) is 6.53. The molecule has 6 atom stereocenters. The number of ether oxygens (including phenoxy) is 1. The Bertz CT molecular complexity index is 1440. The summed E-state index contributed by atoms with van der Waals surface area (Å²) in [6.45, 7) is 2.78. The van der Waals surface area contributed by atoms with Crippen molar-refractivity contribution < 1.29 is 49.4 Å². The summed E-state index contributed by atoms with van der Waals surface area (Å²) in [5.74, 6) is -9.66. The molecule has 1 aliphatic rings. The van der Waals surface area contributed by atoms with Crippen molar-refractivity contribution in [2.45, 2.75) is 67.9 Å². The van der Waals surface area contributed by atoms with Crippen LogP contribution in [-0.4, -0.2) is 83.5 Å². The lowest BCUT2D eigenvalue weighted by atomic mass is 9.54. The van der Waals surface area contributed by atoms with Gasteiger partial charge in [-0.15, -0.1) is 0 Å². The van der Waals surface area contributed by atoms with Gasteiger partial charge in [-0.2, -0.15) is 0 Å². The molecule has 10 nitrogen and oxygen atoms in total. The van der Waals surface area contributed by atoms with Crippen LogP contribution in [-0.2, 0) is 29.3 Å². The van der Waals surface area contributed by atoms with Crippen LogP contribution < -0.4 is 0 Å². The number of carbonyl (C=O) groups excluding carboxylic acids is 4. The minimum absolute atomic E-state index is 0.388. The number of carbonyl (C=O) groups is 4. The molecule has 0 bridgehead atoms. The third-order valence-corrected chi connectivity index (χ3v) is 8.73. The maximum atomic E-state index is 13.4. The highest BCUT2D eigenvalue weighted by Crippen LogP contribution is 2.55. The van der Waals surface area contributed by atoms with E-state index < -0.39 is 63.3 Å². The molecule has 43 heavy (non-hydrogen) atoms. The molecule has 1 unspecified atom stereocenters. The fraction of sp³-hybridized carbons (Fsp3) is 0.333. The summed E-state index contributed by atoms with van der Waals surface area (Å²) in [5, 5.41) is 60.2. The lowest BCUT2D eigenvalue weighted by molar-refractivity contribution is -0.398. The second-order valence-corrected chi connectivity index (χ2v) is 10.9. The fourth-order valence-electron chi connectivity index (χ4n) is 6.53. The van der Waals surface area contributed by atoms with Crippen molar-refractivity contribution >= 4 is 23.1 Å². The van der Waals surface area contributed by atoms with E-state index in [-0.39, 0.29) is 0 Å². The Morgan fingerprint density at radius 3 is 1.23 bits per heavy atom. The minimum Gasteiger partial charge on any atom is -0.389 e. The second-order valence-electron chi connectivity index (χ2n) is 10.9. The first kappa shape index (κ1) is 32.0. The lowest BCUT2D eigenvalue weighted by Gasteiger charge is -2.62. The molecule has 0 amide bonds. The summed E-state index contributed by atoms with van der Waals surface area (Å²) in [4.78, 5) is 52.7. The summed E-state index contributed by atoms with van der Waals surface area (Å²) in [6, 6.07) is 25.1. The zero-order chi connectivity index (χ0) is 32.0. The highest BCUT2D eigenvalue weighted by molar-refractivity contribution is 6.08. The van der Waals surface area contributed by atoms with Crippen LogP contribution in [0.4, 0.5) is 0 Å². The van der Waals surface area contributed by atoms with Crippen molar-refractivity contribution in [1.29, 1.82) is 0 Å². The summed E-state index contributed by atoms with van der Waals surface area (Å²) < 4.78 is 5.67. The normalized spacial score (nSPS) is 29.8. The van der Waals surface area contributed by atoms with Crippen molar-refractivity contribution in [1.82, 2.24) is 0 Å². The molecule has 4 rings (SSSR count). The molecule has 0 radical (unpaired) electrons. The Morgan fingerprint density at radius 2 is 0.953 bits per heavy atom. The van der Waals surface area contributed by atoms with Crippen molar-refractivity contribution in [3.63, 3.8) is 0 Å². The maximum Gasteiger partial charge on any atom is 0.267 e. The van der Waals surface area contributed by atoms with Crippen molar-refractivity contribution in [3.8, 4) is 0 Å². The Balaban J connectivity index is 2.21. The molecular formula is C33H34O10. The minimum atomic E-state index is -3.88. The van der Waals surface area contributed by atoms with Crippen LogP contribution in [0, 0.1) is 0 Å². The molecule has 226 valence electrons. The molecule has 0 aromatic heterocycles. The van der Waals surface area contributed by atoms with Gasteiger partial charge in [0, 0.05) is 6.92 Å². The van der Waals surface area contributed by atoms with Gasteiger partial charge in [-0.1, -0.05) is 91.0 Å². The van der Waals surface area contributed by atoms with Crippen molar-refractivity contribution in [2.75, 3.05) is 0 Å². The van der Waals surface area contributed by atoms with Crippen LogP contribution in [0.25, 0.3) is 0 Å². The number of hydrogen-bond acceptors (Lipinski definition) is 10. The first-order valence-electron chi connectivity index (χ1n) is 13.6. The molecule has 1 aliphatic heterocycles. The Morgan fingerprint density at radius 1 is 0.605 bits per heavy atom. The van der Waals surface area contributed by atoms with Gasteiger partial charge in [-0.3, -0.25) is 19.2 Å². The molecule has 5 N–H and O–H groups in total. The van der Waals surface area contributed by atoms with Crippen molar-refractivity contribution in [2.24, 2.45) is 0 Å². The third-order valence-electron chi connectivity index (χ3n) is 8.73. The molecule has 0 saturated carbocycles. The standard InChI is InChI=1S/C33H34O10/c1-20(34)30(39)28(43-33(42,23(4)37)32(41,22(3)36)31(30,40)21(2)35)27(38)29(24-14-8-5-9-15-24,25-16-10-6-11-17-25)26-18-12-7-13-19-26/h5-19,27-28,38-42H,1-4H3/t27?,28-,30-,31+,32-,33+/m1/s1. The van der Waals surface area contributed by atoms with Gasteiger partial charge in [0.1, 0.15) is 12.2 Å². The zero-order valence-corrected chi connectivity index (χ0v) is 24.1. The van der Waals surface area contributed by atoms with Gasteiger partial charge in [0.05, 0.1) is 5.41 Å². The number of rotatable bonds is 9. The van der Waals surface area contributed by atoms with Crippen molar-refractivity contribution in [3.05, 3.63) is 108 Å². The molecule has 3 aromatic carbocycles. The van der Waals surface area contributed by atoms with Crippen LogP contribution in [0.3, 0.4) is 0 Å². The van der Waals surface area contributed by atoms with Gasteiger partial charge in [-0.05, 0) is 37.5 Å². The molecule has 1 fully saturated rings. The van der Waals surface area contributed by atoms with Crippen LogP contribution in [0.1, 0.15) is 44.4 Å². The van der Waals surface area contributed by atoms with Gasteiger partial charge < -0.3 is 30.3 Å². The summed E-state index contributed by atoms with van der Waals surface area (Å²) in [5.41, 5.74) is -12.0. The van der Waals surface area contributed by atoms with Crippen LogP contribution in [0.15, 0.2) is 91.0 Å². The smallest absolute Gasteiger partial charge is 0.267 e. The Kier molecular flexibility index (Phi) is 8.18. The second kappa shape index (κ2) is 11.0. The van der Waals surface area contributed by atoms with E-state index in [1.165, 1.54) is 0 Å². The number of ketones is 4. The molecule has 1 saturated heterocycles. The number of aliphatic hydroxyl groups is 5. The van der Waals surface area contributed by atoms with E-state index in [1.807, 2.05) is 0 Å². The average molecular weight is 591 g/mol. The van der Waals surface area contributed by atoms with E-state index in [9.17, 15) is 44.7 Å². The maximum absolute atomic E-state index is 13.4. The largest absolute Gasteiger partial charge is 0.389 e. The van der Waals surface area contributed by atoms with E-state index in [0.29, 0.717) is 30.5 Å². The first-order valence-corrected chi connectivity index (χ1v) is 13.6. The van der Waals surface area contributed by atoms with E-state index >= 15 is 0 Å². The van der Waals surface area contributed by atoms with Gasteiger partial charge >= 0.3 is 0 Å². The highest BCUT2D eigenvalue weighted by Gasteiger charge is 2.85. The Hall–Kier alpha value is -3.90. The van der Waals surface area contributed by atoms with Gasteiger partial charge in [0.25, 0.3) is 5.79 Å². The average Bonchev–Trinajstić information content (AvgIpc) is 2.99. The molecule has 0 spiro atoms. The summed E-state index contributed by atoms with van der Waals surface area (Å²) in [7, 11) is 0. The molecule has 1 heterocycles. The summed E-state index contributed by atoms with van der Waals surface area (Å²) >= 11 is 0. The molecule has 10 heteroatoms. The van der Waals surface area contributed by atoms with Gasteiger partial charge in [0.2, 0.25) is 11.2 Å². The number of Topliss-reactive ketones (excluding diaryl/α,β-unsaturated/α-hetero) is 4. The van der Waals surface area contributed by atoms with Crippen LogP contribution in [0.2, 0.25) is 0 Å². The third kappa shape index (κ3) is 4.10. The van der Waals surface area contributed by atoms with E-state index in [2.05, 4.69) is 0 Å². The lowest BCUT2D eigenvalue weighted by Crippen LogP contribution is -2.91. The van der Waals surface area contributed by atoms with E-state index in [4.69, 9.17) is 4.74 Å². The van der Waals surface area contributed by atoms with Crippen LogP contribution >= 0.6 is 0 Å². The SMILES string of the molecule is CC(=O)[C@@]1(O)[C@](O)(C(C)=O)[C@@](O)(C(C)=O)[C@@H](C(O)C(c2ccccc2)(c2ccccc2)c2ccccc2)O[C@@]1(O)C(C)=O. The monoisotopic (exact) mass is 590 g/mol. The number of hydrogen-bond donors (Lipinski definition) is 5. The number of benzene rings is 3. The van der Waals surface area contributed by atoms with Crippen LogP contribution in [0.5, 0.6) is 0 Å². The highest BCUT2D eigenvalue weighted by atomic mass is 16.7. The summed E-state index contributed by atoms with van der Waals surface area (Å²) in [6.07, 6.45) is -4.70. The van der Waals surface area contributed by atoms with E-state index in [0.717, 1.165) is 13.8 Å². The topological polar surface area (TPSA) is 179 Å². The molecular weight excluding hydrogens is 556 g/mol. The predicted octanol–water partition coefficient (Wildman–Crippen LogP) is 1.02. The zero-order valence-electron chi connectivity index (χ0n) is 24.1. The molecule has 3 aromatic rings.